The predicted octanol–water partition coefficient (Wildman–Crippen LogP) is 6.39. The number of hydrogen-bond acceptors (Lipinski definition) is 4. The largest absolute Gasteiger partial charge is 0.271 e. The average molecular weight is 505 g/mol. The summed E-state index contributed by atoms with van der Waals surface area (Å²) in [6.45, 7) is 7.91. The SMILES string of the molecule is CC1=C(C#N)C(=O)N(C2CCCCC2)C(=O)/C1=C/c1cn(-c2ccccc2)nc1-c1c(C)cc(C)cc1C. The van der Waals surface area contributed by atoms with Crippen LogP contribution in [-0.2, 0) is 9.59 Å². The molecule has 6 nitrogen and oxygen atoms in total. The molecule has 1 saturated carbocycles. The second-order valence-corrected chi connectivity index (χ2v) is 10.4. The smallest absolute Gasteiger partial charge is 0.271 e. The quantitative estimate of drug-likeness (QED) is 0.305. The summed E-state index contributed by atoms with van der Waals surface area (Å²) in [5.41, 5.74) is 7.65. The number of nitriles is 1. The van der Waals surface area contributed by atoms with Crippen molar-refractivity contribution in [2.45, 2.75) is 65.8 Å². The molecule has 0 bridgehead atoms. The van der Waals surface area contributed by atoms with Crippen LogP contribution < -0.4 is 0 Å². The molecule has 1 aromatic heterocycles. The topological polar surface area (TPSA) is 79.0 Å². The van der Waals surface area contributed by atoms with Crippen molar-refractivity contribution in [3.05, 3.63) is 87.6 Å². The van der Waals surface area contributed by atoms with E-state index in [-0.39, 0.29) is 17.5 Å². The Bertz CT molecular complexity index is 1510. The van der Waals surface area contributed by atoms with Gasteiger partial charge in [-0.25, -0.2) is 4.68 Å². The summed E-state index contributed by atoms with van der Waals surface area (Å²) in [6, 6.07) is 16.0. The van der Waals surface area contributed by atoms with Gasteiger partial charge in [-0.2, -0.15) is 10.4 Å². The third-order valence-corrected chi connectivity index (χ3v) is 7.69. The number of aryl methyl sites for hydroxylation is 3. The molecule has 2 heterocycles. The van der Waals surface area contributed by atoms with Crippen LogP contribution in [0, 0.1) is 32.1 Å². The Balaban J connectivity index is 1.71. The first kappa shape index (κ1) is 25.4. The van der Waals surface area contributed by atoms with Gasteiger partial charge in [0.15, 0.2) is 0 Å². The van der Waals surface area contributed by atoms with Crippen LogP contribution in [0.25, 0.3) is 23.0 Å². The Kier molecular flexibility index (Phi) is 6.86. The first-order valence-corrected chi connectivity index (χ1v) is 13.2. The number of carbonyl (C=O) groups is 2. The molecule has 6 heteroatoms. The fraction of sp³-hybridized carbons (Fsp3) is 0.312. The summed E-state index contributed by atoms with van der Waals surface area (Å²) >= 11 is 0. The van der Waals surface area contributed by atoms with Gasteiger partial charge in [0.05, 0.1) is 5.69 Å². The second kappa shape index (κ2) is 10.3. The van der Waals surface area contributed by atoms with Crippen molar-refractivity contribution in [3.8, 4) is 23.0 Å². The fourth-order valence-electron chi connectivity index (χ4n) is 5.88. The summed E-state index contributed by atoms with van der Waals surface area (Å²) in [6.07, 6.45) is 8.36. The third-order valence-electron chi connectivity index (χ3n) is 7.69. The van der Waals surface area contributed by atoms with Gasteiger partial charge in [-0.15, -0.1) is 0 Å². The predicted molar refractivity (Wildman–Crippen MR) is 148 cm³/mol. The number of carbonyl (C=O) groups excluding carboxylic acids is 2. The van der Waals surface area contributed by atoms with E-state index in [1.807, 2.05) is 47.3 Å². The van der Waals surface area contributed by atoms with Crippen LogP contribution in [0.4, 0.5) is 0 Å². The molecule has 0 saturated heterocycles. The minimum absolute atomic E-state index is 0.0427. The third kappa shape index (κ3) is 4.50. The molecule has 0 unspecified atom stereocenters. The molecule has 2 aromatic carbocycles. The maximum Gasteiger partial charge on any atom is 0.271 e. The van der Waals surface area contributed by atoms with Gasteiger partial charge in [-0.05, 0) is 75.4 Å². The molecule has 0 radical (unpaired) electrons. The summed E-state index contributed by atoms with van der Waals surface area (Å²) in [7, 11) is 0. The van der Waals surface area contributed by atoms with E-state index < -0.39 is 5.91 Å². The van der Waals surface area contributed by atoms with Crippen LogP contribution in [0.2, 0.25) is 0 Å². The maximum absolute atomic E-state index is 13.9. The van der Waals surface area contributed by atoms with Crippen molar-refractivity contribution < 1.29 is 9.59 Å². The molecule has 0 N–H and O–H groups in total. The molecule has 2 aliphatic rings. The minimum atomic E-state index is -0.468. The maximum atomic E-state index is 13.9. The molecule has 192 valence electrons. The molecule has 0 atom stereocenters. The Morgan fingerprint density at radius 2 is 1.61 bits per heavy atom. The first-order chi connectivity index (χ1) is 18.3. The minimum Gasteiger partial charge on any atom is -0.271 e. The van der Waals surface area contributed by atoms with Crippen molar-refractivity contribution in [1.29, 1.82) is 5.26 Å². The van der Waals surface area contributed by atoms with E-state index in [0.29, 0.717) is 11.1 Å². The molecule has 3 aromatic rings. The highest BCUT2D eigenvalue weighted by atomic mass is 16.2. The molecule has 38 heavy (non-hydrogen) atoms. The van der Waals surface area contributed by atoms with Crippen molar-refractivity contribution >= 4 is 17.9 Å². The van der Waals surface area contributed by atoms with E-state index in [1.54, 1.807) is 6.92 Å². The standard InChI is InChI=1S/C32H32N4O2/c1-20-15-21(2)29(22(3)16-20)30-24(19-35(34-30)25-11-7-5-8-12-25)17-27-23(4)28(18-33)32(38)36(31(27)37)26-13-9-6-10-14-26/h5,7-8,11-12,15-17,19,26H,6,9-10,13-14H2,1-4H3/b27-17+. The van der Waals surface area contributed by atoms with Gasteiger partial charge in [-0.3, -0.25) is 14.5 Å². The molecule has 1 aliphatic heterocycles. The molecule has 0 spiro atoms. The normalized spacial score (nSPS) is 17.9. The molecular formula is C32H32N4O2. The van der Waals surface area contributed by atoms with Gasteiger partial charge in [0, 0.05) is 28.9 Å². The summed E-state index contributed by atoms with van der Waals surface area (Å²) < 4.78 is 1.82. The highest BCUT2D eigenvalue weighted by Crippen LogP contribution is 2.36. The lowest BCUT2D eigenvalue weighted by atomic mass is 9.88. The first-order valence-electron chi connectivity index (χ1n) is 13.2. The van der Waals surface area contributed by atoms with Crippen LogP contribution in [-0.4, -0.2) is 32.5 Å². The van der Waals surface area contributed by atoms with Crippen LogP contribution in [0.3, 0.4) is 0 Å². The van der Waals surface area contributed by atoms with Crippen molar-refractivity contribution in [2.75, 3.05) is 0 Å². The summed E-state index contributed by atoms with van der Waals surface area (Å²) in [4.78, 5) is 28.5. The van der Waals surface area contributed by atoms with Gasteiger partial charge in [-0.1, -0.05) is 55.2 Å². The average Bonchev–Trinajstić information content (AvgIpc) is 3.31. The van der Waals surface area contributed by atoms with Crippen molar-refractivity contribution in [2.24, 2.45) is 0 Å². The highest BCUT2D eigenvalue weighted by molar-refractivity contribution is 6.20. The number of aromatic nitrogens is 2. The number of rotatable bonds is 4. The van der Waals surface area contributed by atoms with E-state index in [4.69, 9.17) is 5.10 Å². The summed E-state index contributed by atoms with van der Waals surface area (Å²) in [5, 5.41) is 14.9. The van der Waals surface area contributed by atoms with E-state index in [0.717, 1.165) is 65.7 Å². The monoisotopic (exact) mass is 504 g/mol. The van der Waals surface area contributed by atoms with Crippen LogP contribution >= 0.6 is 0 Å². The van der Waals surface area contributed by atoms with Gasteiger partial charge in [0.25, 0.3) is 11.8 Å². The number of hydrogen-bond donors (Lipinski definition) is 0. The zero-order chi connectivity index (χ0) is 27.0. The molecule has 1 aliphatic carbocycles. The molecule has 2 amide bonds. The number of nitrogens with zero attached hydrogens (tertiary/aromatic N) is 4. The fourth-order valence-corrected chi connectivity index (χ4v) is 5.88. The number of para-hydroxylation sites is 1. The molecule has 1 fully saturated rings. The van der Waals surface area contributed by atoms with Crippen LogP contribution in [0.15, 0.2) is 65.4 Å². The Morgan fingerprint density at radius 3 is 2.24 bits per heavy atom. The van der Waals surface area contributed by atoms with Gasteiger partial charge in [0.2, 0.25) is 0 Å². The Labute approximate surface area is 223 Å². The lowest BCUT2D eigenvalue weighted by Crippen LogP contribution is -2.49. The molecule has 5 rings (SSSR count). The van der Waals surface area contributed by atoms with Crippen LogP contribution in [0.1, 0.15) is 61.3 Å². The highest BCUT2D eigenvalue weighted by Gasteiger charge is 2.40. The van der Waals surface area contributed by atoms with E-state index >= 15 is 0 Å². The Hall–Kier alpha value is -4.24. The van der Waals surface area contributed by atoms with E-state index in [9.17, 15) is 14.9 Å². The lowest BCUT2D eigenvalue weighted by molar-refractivity contribution is -0.143. The zero-order valence-electron chi connectivity index (χ0n) is 22.4. The van der Waals surface area contributed by atoms with Gasteiger partial charge in [0.1, 0.15) is 17.3 Å². The van der Waals surface area contributed by atoms with Gasteiger partial charge < -0.3 is 0 Å². The van der Waals surface area contributed by atoms with Crippen LogP contribution in [0.5, 0.6) is 0 Å². The number of imide groups is 1. The van der Waals surface area contributed by atoms with E-state index in [2.05, 4.69) is 39.0 Å². The summed E-state index contributed by atoms with van der Waals surface area (Å²) in [5.74, 6) is -0.793. The zero-order valence-corrected chi connectivity index (χ0v) is 22.4. The Morgan fingerprint density at radius 1 is 0.947 bits per heavy atom. The number of amides is 2. The second-order valence-electron chi connectivity index (χ2n) is 10.4. The van der Waals surface area contributed by atoms with Gasteiger partial charge >= 0.3 is 0 Å². The lowest BCUT2D eigenvalue weighted by Gasteiger charge is -2.36. The molecular weight excluding hydrogens is 472 g/mol. The van der Waals surface area contributed by atoms with Crippen molar-refractivity contribution in [1.82, 2.24) is 14.7 Å². The van der Waals surface area contributed by atoms with Crippen molar-refractivity contribution in [3.63, 3.8) is 0 Å². The number of benzene rings is 2. The van der Waals surface area contributed by atoms with E-state index in [1.165, 1.54) is 10.5 Å².